The Balaban J connectivity index is 1.43. The molecule has 2 saturated heterocycles. The van der Waals surface area contributed by atoms with Gasteiger partial charge in [0, 0.05) is 6.54 Å². The number of benzene rings is 2. The van der Waals surface area contributed by atoms with Crippen molar-refractivity contribution in [3.8, 4) is 11.5 Å². The zero-order valence-corrected chi connectivity index (χ0v) is 28.5. The number of hydrogen-bond donors (Lipinski definition) is 3. The zero-order valence-electron chi connectivity index (χ0n) is 27.6. The highest BCUT2D eigenvalue weighted by atomic mass is 31.2. The van der Waals surface area contributed by atoms with E-state index < -0.39 is 56.3 Å². The van der Waals surface area contributed by atoms with Gasteiger partial charge < -0.3 is 48.4 Å². The first-order chi connectivity index (χ1) is 22.2. The molecular formula is C33H47N2O11P. The van der Waals surface area contributed by atoms with Crippen molar-refractivity contribution < 1.29 is 52.4 Å². The Morgan fingerprint density at radius 3 is 2.40 bits per heavy atom. The van der Waals surface area contributed by atoms with Gasteiger partial charge in [-0.2, -0.15) is 0 Å². The topological polar surface area (TPSA) is 162 Å². The van der Waals surface area contributed by atoms with E-state index in [-0.39, 0.29) is 37.2 Å². The standard InChI is InChI=1S/C33H47N2O11P/c1-22(2)18-35(32(38)45-33(3,4)5)19-28(36)27(34-31(37)44-29-20-42-30-26(29)15-16-41-30)17-23-11-13-24(14-12-23)43-21-47(39,40)46-25-9-7-6-8-10-25/h6-14,22,26-30,36H,15-21H2,1-5H3,(H,34,37)(H,39,40)/t26-,27-,28+,29-,30+/m0/s1. The highest BCUT2D eigenvalue weighted by molar-refractivity contribution is 7.53. The molecule has 2 aliphatic heterocycles. The number of para-hydroxylation sites is 1. The number of carbonyl (C=O) groups is 2. The van der Waals surface area contributed by atoms with Gasteiger partial charge in [0.25, 0.3) is 0 Å². The van der Waals surface area contributed by atoms with Crippen molar-refractivity contribution in [2.75, 3.05) is 32.7 Å². The maximum absolute atomic E-state index is 13.1. The van der Waals surface area contributed by atoms with Gasteiger partial charge in [0.15, 0.2) is 12.6 Å². The largest absolute Gasteiger partial charge is 0.480 e. The Kier molecular flexibility index (Phi) is 12.5. The summed E-state index contributed by atoms with van der Waals surface area (Å²) in [7, 11) is -4.08. The first-order valence-electron chi connectivity index (χ1n) is 15.8. The first kappa shape index (κ1) is 36.5. The van der Waals surface area contributed by atoms with Crippen molar-refractivity contribution in [1.82, 2.24) is 10.2 Å². The Morgan fingerprint density at radius 2 is 1.74 bits per heavy atom. The molecule has 2 aliphatic rings. The van der Waals surface area contributed by atoms with Crippen molar-refractivity contribution in [3.63, 3.8) is 0 Å². The Morgan fingerprint density at radius 1 is 1.04 bits per heavy atom. The van der Waals surface area contributed by atoms with Crippen LogP contribution in [0.3, 0.4) is 0 Å². The normalized spacial score (nSPS) is 21.7. The van der Waals surface area contributed by atoms with Crippen molar-refractivity contribution >= 4 is 19.8 Å². The summed E-state index contributed by atoms with van der Waals surface area (Å²) in [5.41, 5.74) is -0.0129. The number of nitrogens with one attached hydrogen (secondary N) is 1. The third kappa shape index (κ3) is 11.7. The Bertz CT molecular complexity index is 1350. The summed E-state index contributed by atoms with van der Waals surface area (Å²) in [6.45, 7) is 10.2. The lowest BCUT2D eigenvalue weighted by molar-refractivity contribution is -0.0907. The summed E-state index contributed by atoms with van der Waals surface area (Å²) in [6.07, 6.45) is -3.03. The molecule has 0 spiro atoms. The SMILES string of the molecule is CC(C)CN(C[C@@H](O)[C@H](Cc1ccc(OCP(=O)(O)Oc2ccccc2)cc1)NC(=O)O[C@H]1CO[C@H]2OCC[C@H]21)C(=O)OC(C)(C)C. The van der Waals surface area contributed by atoms with Crippen LogP contribution in [-0.2, 0) is 29.9 Å². The predicted octanol–water partition coefficient (Wildman–Crippen LogP) is 4.94. The highest BCUT2D eigenvalue weighted by Gasteiger charge is 2.44. The van der Waals surface area contributed by atoms with Gasteiger partial charge in [-0.25, -0.2) is 14.2 Å². The monoisotopic (exact) mass is 678 g/mol. The van der Waals surface area contributed by atoms with Crippen LogP contribution in [-0.4, -0.2) is 89.9 Å². The number of ether oxygens (including phenoxy) is 5. The van der Waals surface area contributed by atoms with Crippen LogP contribution >= 0.6 is 7.60 Å². The fourth-order valence-corrected chi connectivity index (χ4v) is 6.12. The summed E-state index contributed by atoms with van der Waals surface area (Å²) in [5, 5.41) is 14.2. The van der Waals surface area contributed by atoms with Gasteiger partial charge in [-0.3, -0.25) is 0 Å². The third-order valence-electron chi connectivity index (χ3n) is 7.42. The van der Waals surface area contributed by atoms with Gasteiger partial charge in [-0.1, -0.05) is 44.2 Å². The number of rotatable bonds is 14. The van der Waals surface area contributed by atoms with Crippen LogP contribution in [0.1, 0.15) is 46.6 Å². The Labute approximate surface area is 276 Å². The number of carbonyl (C=O) groups excluding carboxylic acids is 2. The minimum absolute atomic E-state index is 0.0577. The predicted molar refractivity (Wildman–Crippen MR) is 172 cm³/mol. The average Bonchev–Trinajstić information content (AvgIpc) is 3.60. The van der Waals surface area contributed by atoms with E-state index >= 15 is 0 Å². The number of alkyl carbamates (subject to hydrolysis) is 1. The molecule has 0 aliphatic carbocycles. The van der Waals surface area contributed by atoms with E-state index in [9.17, 15) is 24.2 Å². The van der Waals surface area contributed by atoms with Crippen LogP contribution in [0, 0.1) is 11.8 Å². The van der Waals surface area contributed by atoms with E-state index in [2.05, 4.69) is 5.32 Å². The second kappa shape index (κ2) is 16.2. The molecule has 47 heavy (non-hydrogen) atoms. The van der Waals surface area contributed by atoms with Crippen molar-refractivity contribution in [2.45, 2.75) is 77.6 Å². The van der Waals surface area contributed by atoms with E-state index in [1.807, 2.05) is 13.8 Å². The Hall–Kier alpha value is -3.35. The van der Waals surface area contributed by atoms with Crippen LogP contribution in [0.25, 0.3) is 0 Å². The fourth-order valence-electron chi connectivity index (χ4n) is 5.30. The molecule has 0 bridgehead atoms. The molecule has 3 N–H and O–H groups in total. The van der Waals surface area contributed by atoms with Crippen molar-refractivity contribution in [2.24, 2.45) is 11.8 Å². The number of amides is 2. The lowest BCUT2D eigenvalue weighted by Gasteiger charge is -2.32. The molecule has 0 saturated carbocycles. The third-order valence-corrected chi connectivity index (χ3v) is 8.37. The maximum atomic E-state index is 13.1. The van der Waals surface area contributed by atoms with E-state index in [0.717, 1.165) is 5.56 Å². The maximum Gasteiger partial charge on any atom is 0.413 e. The quantitative estimate of drug-likeness (QED) is 0.232. The van der Waals surface area contributed by atoms with Crippen LogP contribution in [0.5, 0.6) is 11.5 Å². The molecule has 13 nitrogen and oxygen atoms in total. The number of nitrogens with zero attached hydrogens (tertiary/aromatic N) is 1. The van der Waals surface area contributed by atoms with Crippen LogP contribution in [0.4, 0.5) is 9.59 Å². The minimum atomic E-state index is -4.08. The number of aliphatic hydroxyl groups excluding tert-OH is 1. The fraction of sp³-hybridized carbons (Fsp3) is 0.576. The molecule has 2 amide bonds. The van der Waals surface area contributed by atoms with E-state index in [4.69, 9.17) is 28.2 Å². The molecular weight excluding hydrogens is 631 g/mol. The molecule has 6 atom stereocenters. The lowest BCUT2D eigenvalue weighted by atomic mass is 10.0. The van der Waals surface area contributed by atoms with E-state index in [0.29, 0.717) is 25.3 Å². The van der Waals surface area contributed by atoms with Gasteiger partial charge in [0.1, 0.15) is 23.2 Å². The smallest absolute Gasteiger partial charge is 0.413 e. The zero-order chi connectivity index (χ0) is 34.2. The summed E-state index contributed by atoms with van der Waals surface area (Å²) in [6, 6.07) is 14.1. The molecule has 4 rings (SSSR count). The second-order valence-corrected chi connectivity index (χ2v) is 14.9. The van der Waals surface area contributed by atoms with Gasteiger partial charge in [0.2, 0.25) is 0 Å². The lowest BCUT2D eigenvalue weighted by Crippen LogP contribution is -2.52. The van der Waals surface area contributed by atoms with Gasteiger partial charge in [-0.05, 0) is 69.4 Å². The average molecular weight is 679 g/mol. The molecule has 2 heterocycles. The highest BCUT2D eigenvalue weighted by Crippen LogP contribution is 2.42. The van der Waals surface area contributed by atoms with Gasteiger partial charge >= 0.3 is 19.8 Å². The molecule has 260 valence electrons. The summed E-state index contributed by atoms with van der Waals surface area (Å²) in [5.74, 6) is 0.614. The number of hydrogen-bond acceptors (Lipinski definition) is 10. The summed E-state index contributed by atoms with van der Waals surface area (Å²) in [4.78, 5) is 37.8. The molecule has 2 fully saturated rings. The number of aliphatic hydroxyl groups is 1. The molecule has 0 aromatic heterocycles. The molecule has 0 radical (unpaired) electrons. The summed E-state index contributed by atoms with van der Waals surface area (Å²) >= 11 is 0. The molecule has 2 aromatic carbocycles. The second-order valence-electron chi connectivity index (χ2n) is 13.2. The van der Waals surface area contributed by atoms with Crippen molar-refractivity contribution in [3.05, 3.63) is 60.2 Å². The van der Waals surface area contributed by atoms with Crippen LogP contribution in [0.2, 0.25) is 0 Å². The van der Waals surface area contributed by atoms with Crippen LogP contribution in [0.15, 0.2) is 54.6 Å². The summed E-state index contributed by atoms with van der Waals surface area (Å²) < 4.78 is 45.6. The van der Waals surface area contributed by atoms with Gasteiger partial charge in [-0.15, -0.1) is 0 Å². The van der Waals surface area contributed by atoms with Crippen molar-refractivity contribution in [1.29, 1.82) is 0 Å². The molecule has 1 unspecified atom stereocenters. The molecule has 14 heteroatoms. The van der Waals surface area contributed by atoms with Crippen LogP contribution < -0.4 is 14.6 Å². The van der Waals surface area contributed by atoms with E-state index in [1.165, 1.54) is 4.90 Å². The minimum Gasteiger partial charge on any atom is -0.480 e. The first-order valence-corrected chi connectivity index (χ1v) is 17.6. The van der Waals surface area contributed by atoms with Gasteiger partial charge in [0.05, 0.1) is 37.8 Å². The molecule has 2 aromatic rings. The number of fused-ring (bicyclic) bond motifs is 1. The van der Waals surface area contributed by atoms with E-state index in [1.54, 1.807) is 75.4 Å².